The van der Waals surface area contributed by atoms with Gasteiger partial charge in [-0.05, 0) is 17.7 Å². The minimum absolute atomic E-state index is 0.313. The summed E-state index contributed by atoms with van der Waals surface area (Å²) in [6, 6.07) is 9.47. The van der Waals surface area contributed by atoms with Crippen LogP contribution in [0.3, 0.4) is 0 Å². The molecule has 0 spiro atoms. The molecule has 0 bridgehead atoms. The average molecular weight is 317 g/mol. The van der Waals surface area contributed by atoms with Crippen molar-refractivity contribution in [3.63, 3.8) is 0 Å². The van der Waals surface area contributed by atoms with Crippen LogP contribution in [0.1, 0.15) is 11.6 Å². The van der Waals surface area contributed by atoms with Crippen molar-refractivity contribution in [2.24, 2.45) is 5.73 Å². The van der Waals surface area contributed by atoms with E-state index in [4.69, 9.17) is 5.73 Å². The highest BCUT2D eigenvalue weighted by Crippen LogP contribution is 2.33. The van der Waals surface area contributed by atoms with E-state index in [1.165, 1.54) is 6.33 Å². The molecule has 1 aliphatic rings. The molecule has 94 valence electrons. The second-order valence-corrected chi connectivity index (χ2v) is 4.97. The van der Waals surface area contributed by atoms with Crippen LogP contribution in [0.25, 0.3) is 0 Å². The molecule has 1 aromatic carbocycles. The normalized spacial score (nSPS) is 17.6. The molecule has 0 saturated carbocycles. The van der Waals surface area contributed by atoms with Crippen LogP contribution in [-0.4, -0.2) is 14.8 Å². The van der Waals surface area contributed by atoms with E-state index in [0.717, 1.165) is 10.0 Å². The Bertz CT molecular complexity index is 711. The lowest BCUT2D eigenvalue weighted by Crippen LogP contribution is -2.28. The molecular weight excluding hydrogens is 308 g/mol. The Kier molecular flexibility index (Phi) is 2.72. The molecule has 1 aromatic heterocycles. The summed E-state index contributed by atoms with van der Waals surface area (Å²) >= 11 is 3.43. The van der Waals surface area contributed by atoms with Crippen molar-refractivity contribution in [3.05, 3.63) is 52.0 Å². The molecule has 6 nitrogen and oxygen atoms in total. The van der Waals surface area contributed by atoms with Gasteiger partial charge in [0.2, 0.25) is 5.95 Å². The van der Waals surface area contributed by atoms with Gasteiger partial charge in [-0.3, -0.25) is 0 Å². The Morgan fingerprint density at radius 3 is 3.05 bits per heavy atom. The van der Waals surface area contributed by atoms with Crippen LogP contribution in [0, 0.1) is 11.3 Å². The number of nitrogens with one attached hydrogen (secondary N) is 1. The Morgan fingerprint density at radius 2 is 2.32 bits per heavy atom. The monoisotopic (exact) mass is 316 g/mol. The smallest absolute Gasteiger partial charge is 0.227 e. The number of anilines is 1. The van der Waals surface area contributed by atoms with Gasteiger partial charge in [0.05, 0.1) is 5.57 Å². The van der Waals surface area contributed by atoms with Gasteiger partial charge in [-0.15, -0.1) is 0 Å². The van der Waals surface area contributed by atoms with E-state index >= 15 is 0 Å². The van der Waals surface area contributed by atoms with E-state index < -0.39 is 0 Å². The number of halogens is 1. The first kappa shape index (κ1) is 11.7. The van der Waals surface area contributed by atoms with Gasteiger partial charge in [0.1, 0.15) is 24.3 Å². The molecule has 2 heterocycles. The highest BCUT2D eigenvalue weighted by molar-refractivity contribution is 9.10. The number of aromatic nitrogens is 3. The van der Waals surface area contributed by atoms with Crippen molar-refractivity contribution in [2.75, 3.05) is 5.32 Å². The fourth-order valence-corrected chi connectivity index (χ4v) is 2.51. The van der Waals surface area contributed by atoms with Gasteiger partial charge >= 0.3 is 0 Å². The molecule has 3 rings (SSSR count). The molecule has 0 fully saturated rings. The number of allylic oxidation sites excluding steroid dienone is 1. The molecule has 1 unspecified atom stereocenters. The number of hydrogen-bond donors (Lipinski definition) is 2. The number of nitrogens with zero attached hydrogens (tertiary/aromatic N) is 4. The van der Waals surface area contributed by atoms with Crippen LogP contribution in [0.2, 0.25) is 0 Å². The number of fused-ring (bicyclic) bond motifs is 1. The molecule has 19 heavy (non-hydrogen) atoms. The fraction of sp³-hybridized carbons (Fsp3) is 0.0833. The van der Waals surface area contributed by atoms with Gasteiger partial charge in [-0.2, -0.15) is 15.3 Å². The maximum atomic E-state index is 9.32. The second kappa shape index (κ2) is 4.40. The molecule has 0 saturated heterocycles. The van der Waals surface area contributed by atoms with Crippen molar-refractivity contribution in [1.29, 1.82) is 5.26 Å². The summed E-state index contributed by atoms with van der Waals surface area (Å²) in [4.78, 5) is 4.08. The third-order valence-corrected chi connectivity index (χ3v) is 3.41. The maximum Gasteiger partial charge on any atom is 0.227 e. The largest absolute Gasteiger partial charge is 0.384 e. The van der Waals surface area contributed by atoms with Crippen LogP contribution in [0.4, 0.5) is 5.95 Å². The Balaban J connectivity index is 2.21. The molecule has 0 amide bonds. The lowest BCUT2D eigenvalue weighted by atomic mass is 9.98. The summed E-state index contributed by atoms with van der Waals surface area (Å²) in [5.41, 5.74) is 7.23. The van der Waals surface area contributed by atoms with Crippen molar-refractivity contribution >= 4 is 21.9 Å². The van der Waals surface area contributed by atoms with Crippen molar-refractivity contribution in [2.45, 2.75) is 6.04 Å². The Hall–Kier alpha value is -2.33. The third-order valence-electron chi connectivity index (χ3n) is 2.91. The van der Waals surface area contributed by atoms with Crippen LogP contribution in [0.15, 0.2) is 46.5 Å². The van der Waals surface area contributed by atoms with Crippen LogP contribution >= 0.6 is 15.9 Å². The quantitative estimate of drug-likeness (QED) is 0.836. The van der Waals surface area contributed by atoms with Crippen molar-refractivity contribution in [1.82, 2.24) is 14.8 Å². The molecule has 7 heteroatoms. The van der Waals surface area contributed by atoms with Crippen LogP contribution in [-0.2, 0) is 0 Å². The van der Waals surface area contributed by atoms with Gasteiger partial charge < -0.3 is 11.1 Å². The van der Waals surface area contributed by atoms with Crippen molar-refractivity contribution in [3.8, 4) is 6.07 Å². The maximum absolute atomic E-state index is 9.32. The lowest BCUT2D eigenvalue weighted by molar-refractivity contribution is 0.585. The van der Waals surface area contributed by atoms with Crippen LogP contribution < -0.4 is 11.1 Å². The Labute approximate surface area is 117 Å². The van der Waals surface area contributed by atoms with Crippen molar-refractivity contribution < 1.29 is 0 Å². The first-order chi connectivity index (χ1) is 9.20. The number of hydrogen-bond acceptors (Lipinski definition) is 5. The van der Waals surface area contributed by atoms with Gasteiger partial charge in [-0.1, -0.05) is 28.1 Å². The predicted molar refractivity (Wildman–Crippen MR) is 72.8 cm³/mol. The number of nitriles is 1. The number of benzene rings is 1. The zero-order valence-corrected chi connectivity index (χ0v) is 11.3. The van der Waals surface area contributed by atoms with Gasteiger partial charge in [0.15, 0.2) is 0 Å². The summed E-state index contributed by atoms with van der Waals surface area (Å²) in [5, 5.41) is 16.4. The lowest BCUT2D eigenvalue weighted by Gasteiger charge is -2.25. The van der Waals surface area contributed by atoms with Gasteiger partial charge in [0.25, 0.3) is 0 Å². The molecule has 0 radical (unpaired) electrons. The fourth-order valence-electron chi connectivity index (χ4n) is 2.09. The Morgan fingerprint density at radius 1 is 1.47 bits per heavy atom. The molecule has 2 aromatic rings. The first-order valence-corrected chi connectivity index (χ1v) is 6.31. The van der Waals surface area contributed by atoms with E-state index in [1.807, 2.05) is 24.3 Å². The average Bonchev–Trinajstić information content (AvgIpc) is 2.84. The molecular formula is C12H9BrN6. The summed E-state index contributed by atoms with van der Waals surface area (Å²) < 4.78 is 2.58. The first-order valence-electron chi connectivity index (χ1n) is 5.52. The zero-order valence-electron chi connectivity index (χ0n) is 9.71. The van der Waals surface area contributed by atoms with Gasteiger partial charge in [0, 0.05) is 4.47 Å². The predicted octanol–water partition coefficient (Wildman–Crippen LogP) is 1.75. The molecule has 0 aliphatic carbocycles. The summed E-state index contributed by atoms with van der Waals surface area (Å²) in [7, 11) is 0. The molecule has 1 atom stereocenters. The van der Waals surface area contributed by atoms with E-state index in [1.54, 1.807) is 4.68 Å². The summed E-state index contributed by atoms with van der Waals surface area (Å²) in [6.07, 6.45) is 1.43. The van der Waals surface area contributed by atoms with E-state index in [9.17, 15) is 5.26 Å². The van der Waals surface area contributed by atoms with E-state index in [-0.39, 0.29) is 6.04 Å². The number of rotatable bonds is 1. The third kappa shape index (κ3) is 1.86. The van der Waals surface area contributed by atoms with E-state index in [2.05, 4.69) is 37.4 Å². The van der Waals surface area contributed by atoms with Crippen LogP contribution in [0.5, 0.6) is 0 Å². The summed E-state index contributed by atoms with van der Waals surface area (Å²) in [6.45, 7) is 0. The summed E-state index contributed by atoms with van der Waals surface area (Å²) in [5.74, 6) is 0.842. The highest BCUT2D eigenvalue weighted by atomic mass is 79.9. The minimum Gasteiger partial charge on any atom is -0.384 e. The number of nitrogens with two attached hydrogens (primary N) is 1. The van der Waals surface area contributed by atoms with Gasteiger partial charge in [-0.25, -0.2) is 4.68 Å². The van der Waals surface area contributed by atoms with E-state index in [0.29, 0.717) is 17.3 Å². The minimum atomic E-state index is -0.360. The zero-order chi connectivity index (χ0) is 13.4. The highest BCUT2D eigenvalue weighted by Gasteiger charge is 2.29. The topological polar surface area (TPSA) is 92.6 Å². The molecule has 3 N–H and O–H groups in total. The second-order valence-electron chi connectivity index (χ2n) is 4.05. The standard InChI is InChI=1S/C12H9BrN6/c13-8-3-1-2-7(4-8)10-9(5-14)11(15)18-12-16-6-17-19(10)12/h1-4,6,10H,15H2,(H,16,17,18). The SMILES string of the molecule is N#CC1=C(N)Nc2ncnn2C1c1cccc(Br)c1. The molecule has 1 aliphatic heterocycles.